The minimum atomic E-state index is -0.599. The molecule has 2 aromatic carbocycles. The maximum absolute atomic E-state index is 13.8. The monoisotopic (exact) mass is 302 g/mol. The third-order valence-corrected chi connectivity index (χ3v) is 4.77. The smallest absolute Gasteiger partial charge is 0.191 e. The quantitative estimate of drug-likeness (QED) is 0.650. The zero-order valence-corrected chi connectivity index (χ0v) is 12.0. The van der Waals surface area contributed by atoms with Crippen molar-refractivity contribution in [3.63, 3.8) is 0 Å². The van der Waals surface area contributed by atoms with Gasteiger partial charge < -0.3 is 4.90 Å². The molecular formula is C16H12F2N2S. The summed E-state index contributed by atoms with van der Waals surface area (Å²) in [6.07, 6.45) is 2.07. The molecule has 0 atom stereocenters. The van der Waals surface area contributed by atoms with E-state index in [4.69, 9.17) is 0 Å². The summed E-state index contributed by atoms with van der Waals surface area (Å²) in [4.78, 5) is 6.48. The van der Waals surface area contributed by atoms with Gasteiger partial charge >= 0.3 is 0 Å². The molecule has 5 heteroatoms. The van der Waals surface area contributed by atoms with E-state index in [1.807, 2.05) is 12.1 Å². The number of fused-ring (bicyclic) bond motifs is 2. The highest BCUT2D eigenvalue weighted by Gasteiger charge is 2.21. The van der Waals surface area contributed by atoms with Gasteiger partial charge in [-0.3, -0.25) is 0 Å². The van der Waals surface area contributed by atoms with Gasteiger partial charge in [0.1, 0.15) is 11.3 Å². The Hall–Kier alpha value is -2.01. The van der Waals surface area contributed by atoms with Crippen LogP contribution in [-0.2, 0) is 6.42 Å². The standard InChI is InChI=1S/C16H12F2N2S/c17-11-8-12(18)15-14(9-11)21-16(19-15)20-7-3-5-10-4-1-2-6-13(10)20/h1-2,4,6,8-9H,3,5,7H2. The van der Waals surface area contributed by atoms with Crippen LogP contribution < -0.4 is 4.90 Å². The van der Waals surface area contributed by atoms with Crippen LogP contribution in [0, 0.1) is 11.6 Å². The molecule has 21 heavy (non-hydrogen) atoms. The Morgan fingerprint density at radius 1 is 1.14 bits per heavy atom. The molecule has 0 bridgehead atoms. The molecule has 1 aliphatic rings. The predicted molar refractivity (Wildman–Crippen MR) is 81.3 cm³/mol. The number of hydrogen-bond acceptors (Lipinski definition) is 3. The molecule has 1 aromatic heterocycles. The highest BCUT2D eigenvalue weighted by molar-refractivity contribution is 7.22. The fourth-order valence-corrected chi connectivity index (χ4v) is 3.84. The normalized spacial score (nSPS) is 14.5. The van der Waals surface area contributed by atoms with Crippen molar-refractivity contribution in [1.82, 2.24) is 4.98 Å². The fourth-order valence-electron chi connectivity index (χ4n) is 2.79. The van der Waals surface area contributed by atoms with Gasteiger partial charge in [-0.25, -0.2) is 13.8 Å². The van der Waals surface area contributed by atoms with Crippen molar-refractivity contribution in [1.29, 1.82) is 0 Å². The minimum absolute atomic E-state index is 0.249. The zero-order valence-electron chi connectivity index (χ0n) is 11.1. The van der Waals surface area contributed by atoms with Gasteiger partial charge in [0, 0.05) is 18.3 Å². The molecule has 3 aromatic rings. The van der Waals surface area contributed by atoms with Gasteiger partial charge in [-0.2, -0.15) is 0 Å². The molecule has 0 unspecified atom stereocenters. The molecule has 2 heterocycles. The Balaban J connectivity index is 1.86. The van der Waals surface area contributed by atoms with Gasteiger partial charge in [0.25, 0.3) is 0 Å². The van der Waals surface area contributed by atoms with E-state index in [0.717, 1.165) is 36.3 Å². The number of aryl methyl sites for hydroxylation is 1. The first-order valence-electron chi connectivity index (χ1n) is 6.83. The van der Waals surface area contributed by atoms with Crippen LogP contribution in [0.3, 0.4) is 0 Å². The minimum Gasteiger partial charge on any atom is -0.318 e. The van der Waals surface area contributed by atoms with E-state index in [0.29, 0.717) is 4.70 Å². The van der Waals surface area contributed by atoms with E-state index in [1.165, 1.54) is 23.0 Å². The molecule has 0 fully saturated rings. The topological polar surface area (TPSA) is 16.1 Å². The van der Waals surface area contributed by atoms with Crippen molar-refractivity contribution in [2.75, 3.05) is 11.4 Å². The van der Waals surface area contributed by atoms with Crippen molar-refractivity contribution >= 4 is 32.4 Å². The number of aromatic nitrogens is 1. The molecule has 0 radical (unpaired) electrons. The summed E-state index contributed by atoms with van der Waals surface area (Å²) in [5.41, 5.74) is 2.64. The SMILES string of the molecule is Fc1cc(F)c2nc(N3CCCc4ccccc43)sc2c1. The van der Waals surface area contributed by atoms with E-state index in [2.05, 4.69) is 22.0 Å². The Kier molecular flexibility index (Phi) is 2.89. The van der Waals surface area contributed by atoms with Gasteiger partial charge in [-0.15, -0.1) is 0 Å². The number of thiazole rings is 1. The summed E-state index contributed by atoms with van der Waals surface area (Å²) in [6, 6.07) is 10.4. The average molecular weight is 302 g/mol. The second-order valence-corrected chi connectivity index (χ2v) is 6.12. The van der Waals surface area contributed by atoms with Crippen molar-refractivity contribution in [3.05, 3.63) is 53.6 Å². The van der Waals surface area contributed by atoms with Gasteiger partial charge in [-0.1, -0.05) is 29.5 Å². The number of halogens is 2. The molecule has 2 nitrogen and oxygen atoms in total. The summed E-state index contributed by atoms with van der Waals surface area (Å²) in [6.45, 7) is 0.848. The molecule has 0 N–H and O–H groups in total. The lowest BCUT2D eigenvalue weighted by Crippen LogP contribution is -2.24. The molecule has 0 saturated carbocycles. The van der Waals surface area contributed by atoms with E-state index in [-0.39, 0.29) is 5.52 Å². The molecule has 0 aliphatic carbocycles. The first-order valence-corrected chi connectivity index (χ1v) is 7.65. The molecular weight excluding hydrogens is 290 g/mol. The van der Waals surface area contributed by atoms with Crippen LogP contribution in [0.4, 0.5) is 19.6 Å². The molecule has 0 spiro atoms. The molecule has 0 amide bonds. The van der Waals surface area contributed by atoms with E-state index in [1.54, 1.807) is 0 Å². The number of rotatable bonds is 1. The highest BCUT2D eigenvalue weighted by atomic mass is 32.1. The lowest BCUT2D eigenvalue weighted by atomic mass is 10.0. The van der Waals surface area contributed by atoms with Crippen LogP contribution in [0.2, 0.25) is 0 Å². The Morgan fingerprint density at radius 3 is 2.90 bits per heavy atom. The number of nitrogens with zero attached hydrogens (tertiary/aromatic N) is 2. The Labute approximate surface area is 124 Å². The van der Waals surface area contributed by atoms with E-state index < -0.39 is 11.6 Å². The van der Waals surface area contributed by atoms with E-state index >= 15 is 0 Å². The van der Waals surface area contributed by atoms with Crippen LogP contribution >= 0.6 is 11.3 Å². The summed E-state index contributed by atoms with van der Waals surface area (Å²) < 4.78 is 27.7. The Bertz CT molecular complexity index is 828. The van der Waals surface area contributed by atoms with Gasteiger partial charge in [0.2, 0.25) is 0 Å². The summed E-state index contributed by atoms with van der Waals surface area (Å²) in [5, 5.41) is 0.724. The first kappa shape index (κ1) is 12.7. The maximum atomic E-state index is 13.8. The van der Waals surface area contributed by atoms with Crippen LogP contribution in [0.5, 0.6) is 0 Å². The van der Waals surface area contributed by atoms with Crippen molar-refractivity contribution in [3.8, 4) is 0 Å². The van der Waals surface area contributed by atoms with Gasteiger partial charge in [0.15, 0.2) is 10.9 Å². The number of para-hydroxylation sites is 1. The van der Waals surface area contributed by atoms with Crippen LogP contribution in [0.1, 0.15) is 12.0 Å². The first-order chi connectivity index (χ1) is 10.2. The molecule has 106 valence electrons. The van der Waals surface area contributed by atoms with Crippen LogP contribution in [-0.4, -0.2) is 11.5 Å². The third-order valence-electron chi connectivity index (χ3n) is 3.74. The molecule has 0 saturated heterocycles. The molecule has 1 aliphatic heterocycles. The second kappa shape index (κ2) is 4.77. The third kappa shape index (κ3) is 2.08. The highest BCUT2D eigenvalue weighted by Crippen LogP contribution is 2.38. The van der Waals surface area contributed by atoms with Gasteiger partial charge in [-0.05, 0) is 30.5 Å². The summed E-state index contributed by atoms with van der Waals surface area (Å²) in [5.74, 6) is -1.16. The fraction of sp³-hybridized carbons (Fsp3) is 0.188. The maximum Gasteiger partial charge on any atom is 0.191 e. The Morgan fingerprint density at radius 2 is 2.00 bits per heavy atom. The summed E-state index contributed by atoms with van der Waals surface area (Å²) >= 11 is 1.33. The number of anilines is 2. The lowest BCUT2D eigenvalue weighted by Gasteiger charge is -2.28. The molecule has 4 rings (SSSR count). The van der Waals surface area contributed by atoms with Crippen molar-refractivity contribution in [2.45, 2.75) is 12.8 Å². The largest absolute Gasteiger partial charge is 0.318 e. The van der Waals surface area contributed by atoms with Crippen molar-refractivity contribution < 1.29 is 8.78 Å². The van der Waals surface area contributed by atoms with Crippen molar-refractivity contribution in [2.24, 2.45) is 0 Å². The predicted octanol–water partition coefficient (Wildman–Crippen LogP) is 4.66. The average Bonchev–Trinajstić information content (AvgIpc) is 2.90. The van der Waals surface area contributed by atoms with Crippen LogP contribution in [0.25, 0.3) is 10.2 Å². The number of benzene rings is 2. The zero-order chi connectivity index (χ0) is 14.4. The van der Waals surface area contributed by atoms with E-state index in [9.17, 15) is 8.78 Å². The number of hydrogen-bond donors (Lipinski definition) is 0. The van der Waals surface area contributed by atoms with Crippen LogP contribution in [0.15, 0.2) is 36.4 Å². The lowest BCUT2D eigenvalue weighted by molar-refractivity contribution is 0.591. The second-order valence-electron chi connectivity index (χ2n) is 5.11. The van der Waals surface area contributed by atoms with Gasteiger partial charge in [0.05, 0.1) is 4.70 Å². The summed E-state index contributed by atoms with van der Waals surface area (Å²) in [7, 11) is 0.